The van der Waals surface area contributed by atoms with Crippen molar-refractivity contribution in [2.24, 2.45) is 0 Å². The van der Waals surface area contributed by atoms with Gasteiger partial charge in [-0.3, -0.25) is 5.41 Å². The summed E-state index contributed by atoms with van der Waals surface area (Å²) in [7, 11) is 1.46. The number of nitrogens with one attached hydrogen (secondary N) is 2. The summed E-state index contributed by atoms with van der Waals surface area (Å²) < 4.78 is 17.8. The molecule has 1 aromatic carbocycles. The Balaban J connectivity index is 2.19. The molecule has 2 N–H and O–H groups in total. The van der Waals surface area contributed by atoms with E-state index < -0.39 is 0 Å². The lowest BCUT2D eigenvalue weighted by Crippen LogP contribution is -2.15. The first kappa shape index (κ1) is 12.0. The first-order valence-corrected chi connectivity index (χ1v) is 5.17. The molecule has 0 aliphatic heterocycles. The summed E-state index contributed by atoms with van der Waals surface area (Å²) >= 11 is 0. The van der Waals surface area contributed by atoms with Crippen LogP contribution in [-0.4, -0.2) is 22.9 Å². The fourth-order valence-corrected chi connectivity index (χ4v) is 1.38. The van der Waals surface area contributed by atoms with E-state index >= 15 is 0 Å². The summed E-state index contributed by atoms with van der Waals surface area (Å²) in [6.45, 7) is 0. The van der Waals surface area contributed by atoms with Crippen LogP contribution in [0.3, 0.4) is 0 Å². The second-order valence-electron chi connectivity index (χ2n) is 3.42. The Morgan fingerprint density at radius 1 is 1.22 bits per heavy atom. The lowest BCUT2D eigenvalue weighted by molar-refractivity contribution is 0.394. The van der Waals surface area contributed by atoms with Crippen molar-refractivity contribution in [1.82, 2.24) is 9.97 Å². The molecule has 0 saturated carbocycles. The molecule has 92 valence electrons. The van der Waals surface area contributed by atoms with Gasteiger partial charge < -0.3 is 10.1 Å². The van der Waals surface area contributed by atoms with Gasteiger partial charge in [0.25, 0.3) is 0 Å². The number of hydrogen-bond donors (Lipinski definition) is 2. The minimum atomic E-state index is -0.329. The Hall–Kier alpha value is -2.50. The maximum absolute atomic E-state index is 12.7. The smallest absolute Gasteiger partial charge is 0.243 e. The van der Waals surface area contributed by atoms with Crippen molar-refractivity contribution in [2.75, 3.05) is 12.4 Å². The summed E-state index contributed by atoms with van der Waals surface area (Å²) in [5.41, 5.74) is 0.887. The summed E-state index contributed by atoms with van der Waals surface area (Å²) in [5.74, 6) is -0.0344. The fraction of sp³-hybridized carbons (Fsp3) is 0.0833. The molecule has 0 atom stereocenters. The molecule has 0 saturated heterocycles. The van der Waals surface area contributed by atoms with E-state index in [2.05, 4.69) is 15.3 Å². The van der Waals surface area contributed by atoms with Crippen LogP contribution in [-0.2, 0) is 0 Å². The number of benzene rings is 1. The van der Waals surface area contributed by atoms with Crippen LogP contribution in [0.25, 0.3) is 0 Å². The van der Waals surface area contributed by atoms with Gasteiger partial charge in [0.2, 0.25) is 5.88 Å². The van der Waals surface area contributed by atoms with Crippen LogP contribution in [0.1, 0.15) is 5.69 Å². The molecule has 0 bridgehead atoms. The number of ether oxygens (including phenoxy) is 1. The molecule has 0 radical (unpaired) electrons. The van der Waals surface area contributed by atoms with Crippen LogP contribution in [0.2, 0.25) is 0 Å². The highest BCUT2D eigenvalue weighted by molar-refractivity contribution is 6.06. The second kappa shape index (κ2) is 5.22. The predicted molar refractivity (Wildman–Crippen MR) is 65.4 cm³/mol. The molecular formula is C12H11FN4O. The van der Waals surface area contributed by atoms with Crippen LogP contribution >= 0.6 is 0 Å². The Morgan fingerprint density at radius 3 is 2.56 bits per heavy atom. The predicted octanol–water partition coefficient (Wildman–Crippen LogP) is 2.06. The van der Waals surface area contributed by atoms with Gasteiger partial charge in [-0.15, -0.1) is 0 Å². The Labute approximate surface area is 103 Å². The maximum Gasteiger partial charge on any atom is 0.243 e. The molecule has 5 nitrogen and oxygen atoms in total. The molecule has 0 unspecified atom stereocenters. The number of nitrogens with zero attached hydrogens (tertiary/aromatic N) is 2. The molecule has 1 aromatic heterocycles. The van der Waals surface area contributed by atoms with Crippen molar-refractivity contribution in [3.8, 4) is 5.88 Å². The van der Waals surface area contributed by atoms with Gasteiger partial charge in [-0.05, 0) is 24.3 Å². The molecular weight excluding hydrogens is 235 g/mol. The topological polar surface area (TPSA) is 70.9 Å². The highest BCUT2D eigenvalue weighted by Crippen LogP contribution is 2.14. The van der Waals surface area contributed by atoms with E-state index in [0.29, 0.717) is 11.4 Å². The zero-order chi connectivity index (χ0) is 13.0. The molecule has 0 amide bonds. The summed E-state index contributed by atoms with van der Waals surface area (Å²) in [6, 6.07) is 5.69. The molecule has 0 aliphatic rings. The molecule has 0 aliphatic carbocycles. The van der Waals surface area contributed by atoms with Gasteiger partial charge in [-0.2, -0.15) is 0 Å². The van der Waals surface area contributed by atoms with Crippen molar-refractivity contribution in [3.63, 3.8) is 0 Å². The van der Waals surface area contributed by atoms with Crippen molar-refractivity contribution >= 4 is 11.5 Å². The number of halogens is 1. The van der Waals surface area contributed by atoms with E-state index in [1.54, 1.807) is 0 Å². The minimum Gasteiger partial charge on any atom is -0.479 e. The fourth-order valence-electron chi connectivity index (χ4n) is 1.38. The largest absolute Gasteiger partial charge is 0.479 e. The Bertz CT molecular complexity index is 556. The number of methoxy groups -OCH3 is 1. The number of amidine groups is 1. The van der Waals surface area contributed by atoms with Gasteiger partial charge in [0, 0.05) is 18.1 Å². The molecule has 2 aromatic rings. The molecule has 1 heterocycles. The lowest BCUT2D eigenvalue weighted by Gasteiger charge is -2.09. The van der Waals surface area contributed by atoms with E-state index in [0.717, 1.165) is 0 Å². The lowest BCUT2D eigenvalue weighted by atomic mass is 10.3. The zero-order valence-electron chi connectivity index (χ0n) is 9.64. The standard InChI is InChI=1S/C12H11FN4O/c1-18-12-10(15-6-7-16-12)11(14)17-9-4-2-8(13)3-5-9/h2-7H,1H3,(H2,14,17). The molecule has 18 heavy (non-hydrogen) atoms. The highest BCUT2D eigenvalue weighted by atomic mass is 19.1. The van der Waals surface area contributed by atoms with Crippen molar-refractivity contribution in [2.45, 2.75) is 0 Å². The van der Waals surface area contributed by atoms with E-state index in [4.69, 9.17) is 10.1 Å². The molecule has 0 fully saturated rings. The summed E-state index contributed by atoms with van der Waals surface area (Å²) in [6.07, 6.45) is 2.95. The third kappa shape index (κ3) is 2.60. The van der Waals surface area contributed by atoms with Crippen LogP contribution in [0.5, 0.6) is 5.88 Å². The SMILES string of the molecule is COc1nccnc1C(=N)Nc1ccc(F)cc1. The third-order valence-corrected chi connectivity index (χ3v) is 2.21. The van der Waals surface area contributed by atoms with E-state index in [1.165, 1.54) is 43.8 Å². The van der Waals surface area contributed by atoms with Gasteiger partial charge in [0.05, 0.1) is 7.11 Å². The third-order valence-electron chi connectivity index (χ3n) is 2.21. The number of aromatic nitrogens is 2. The quantitative estimate of drug-likeness (QED) is 0.642. The van der Waals surface area contributed by atoms with Crippen LogP contribution in [0.15, 0.2) is 36.7 Å². The number of anilines is 1. The zero-order valence-corrected chi connectivity index (χ0v) is 9.64. The Kier molecular flexibility index (Phi) is 3.47. The second-order valence-corrected chi connectivity index (χ2v) is 3.42. The minimum absolute atomic E-state index is 0.0339. The van der Waals surface area contributed by atoms with E-state index in [1.807, 2.05) is 0 Å². The summed E-state index contributed by atoms with van der Waals surface area (Å²) in [4.78, 5) is 7.96. The first-order chi connectivity index (χ1) is 8.70. The van der Waals surface area contributed by atoms with Crippen LogP contribution in [0, 0.1) is 11.2 Å². The van der Waals surface area contributed by atoms with Gasteiger partial charge >= 0.3 is 0 Å². The Morgan fingerprint density at radius 2 is 1.89 bits per heavy atom. The molecule has 6 heteroatoms. The van der Waals surface area contributed by atoms with E-state index in [-0.39, 0.29) is 17.5 Å². The highest BCUT2D eigenvalue weighted by Gasteiger charge is 2.11. The monoisotopic (exact) mass is 246 g/mol. The molecule has 2 rings (SSSR count). The van der Waals surface area contributed by atoms with Crippen molar-refractivity contribution in [1.29, 1.82) is 5.41 Å². The van der Waals surface area contributed by atoms with Crippen molar-refractivity contribution in [3.05, 3.63) is 48.2 Å². The van der Waals surface area contributed by atoms with Gasteiger partial charge in [0.1, 0.15) is 5.82 Å². The average molecular weight is 246 g/mol. The van der Waals surface area contributed by atoms with Crippen LogP contribution < -0.4 is 10.1 Å². The first-order valence-electron chi connectivity index (χ1n) is 5.17. The van der Waals surface area contributed by atoms with Gasteiger partial charge in [0.15, 0.2) is 11.5 Å². The number of hydrogen-bond acceptors (Lipinski definition) is 4. The van der Waals surface area contributed by atoms with Crippen LogP contribution in [0.4, 0.5) is 10.1 Å². The maximum atomic E-state index is 12.7. The summed E-state index contributed by atoms with van der Waals surface area (Å²) in [5, 5.41) is 10.7. The van der Waals surface area contributed by atoms with Gasteiger partial charge in [-0.25, -0.2) is 14.4 Å². The average Bonchev–Trinajstić information content (AvgIpc) is 2.41. The van der Waals surface area contributed by atoms with Crippen molar-refractivity contribution < 1.29 is 9.13 Å². The number of rotatable bonds is 3. The normalized spacial score (nSPS) is 9.89. The molecule has 0 spiro atoms. The van der Waals surface area contributed by atoms with E-state index in [9.17, 15) is 4.39 Å². The van der Waals surface area contributed by atoms with Gasteiger partial charge in [-0.1, -0.05) is 0 Å².